The number of aryl methyl sites for hydroxylation is 1. The maximum absolute atomic E-state index is 11.8. The fourth-order valence-corrected chi connectivity index (χ4v) is 3.53. The van der Waals surface area contributed by atoms with E-state index < -0.39 is 0 Å². The van der Waals surface area contributed by atoms with Gasteiger partial charge in [0.1, 0.15) is 5.76 Å². The van der Waals surface area contributed by atoms with Crippen molar-refractivity contribution in [2.75, 3.05) is 39.4 Å². The van der Waals surface area contributed by atoms with Gasteiger partial charge in [0.2, 0.25) is 5.91 Å². The molecule has 2 saturated heterocycles. The number of hydrogen-bond donors (Lipinski definition) is 1. The van der Waals surface area contributed by atoms with Crippen LogP contribution in [0.15, 0.2) is 10.6 Å². The minimum absolute atomic E-state index is 0.145. The molecule has 2 aliphatic heterocycles. The van der Waals surface area contributed by atoms with Crippen LogP contribution in [-0.4, -0.2) is 66.3 Å². The molecule has 1 amide bonds. The molecule has 1 unspecified atom stereocenters. The minimum atomic E-state index is -0.217. The monoisotopic (exact) mass is 322 g/mol. The molecule has 7 nitrogen and oxygen atoms in total. The van der Waals surface area contributed by atoms with E-state index in [1.807, 2.05) is 13.0 Å². The van der Waals surface area contributed by atoms with Crippen molar-refractivity contribution in [1.29, 1.82) is 0 Å². The van der Waals surface area contributed by atoms with Crippen LogP contribution in [0.1, 0.15) is 24.3 Å². The summed E-state index contributed by atoms with van der Waals surface area (Å²) in [5.41, 5.74) is 6.54. The average molecular weight is 322 g/mol. The Morgan fingerprint density at radius 3 is 2.78 bits per heavy atom. The Hall–Kier alpha value is -1.44. The van der Waals surface area contributed by atoms with Gasteiger partial charge in [0.15, 0.2) is 0 Å². The van der Waals surface area contributed by atoms with Crippen molar-refractivity contribution in [2.45, 2.75) is 32.4 Å². The van der Waals surface area contributed by atoms with Gasteiger partial charge in [-0.1, -0.05) is 5.16 Å². The van der Waals surface area contributed by atoms with E-state index in [2.05, 4.69) is 15.0 Å². The Kier molecular flexibility index (Phi) is 5.30. The molecular formula is C16H26N4O3. The largest absolute Gasteiger partial charge is 0.381 e. The molecular weight excluding hydrogens is 296 g/mol. The number of primary amides is 1. The molecule has 0 saturated carbocycles. The van der Waals surface area contributed by atoms with Gasteiger partial charge in [0, 0.05) is 58.0 Å². The first kappa shape index (κ1) is 16.4. The van der Waals surface area contributed by atoms with E-state index >= 15 is 0 Å². The first-order valence-corrected chi connectivity index (χ1v) is 8.37. The second-order valence-electron chi connectivity index (χ2n) is 6.60. The molecule has 1 aromatic rings. The highest BCUT2D eigenvalue weighted by molar-refractivity contribution is 5.77. The van der Waals surface area contributed by atoms with E-state index in [-0.39, 0.29) is 11.8 Å². The van der Waals surface area contributed by atoms with Gasteiger partial charge in [0.25, 0.3) is 0 Å². The van der Waals surface area contributed by atoms with Crippen LogP contribution in [0.5, 0.6) is 0 Å². The lowest BCUT2D eigenvalue weighted by Gasteiger charge is -2.34. The van der Waals surface area contributed by atoms with Crippen molar-refractivity contribution in [3.63, 3.8) is 0 Å². The van der Waals surface area contributed by atoms with Gasteiger partial charge in [-0.25, -0.2) is 0 Å². The van der Waals surface area contributed by atoms with E-state index in [1.165, 1.54) is 0 Å². The lowest BCUT2D eigenvalue weighted by Crippen LogP contribution is -2.44. The van der Waals surface area contributed by atoms with Crippen molar-refractivity contribution in [2.24, 2.45) is 11.7 Å². The summed E-state index contributed by atoms with van der Waals surface area (Å²) in [7, 11) is 0. The third kappa shape index (κ3) is 4.31. The summed E-state index contributed by atoms with van der Waals surface area (Å²) in [5, 5.41) is 4.06. The fraction of sp³-hybridized carbons (Fsp3) is 0.750. The van der Waals surface area contributed by atoms with Crippen LogP contribution < -0.4 is 5.73 Å². The number of nitrogens with zero attached hydrogens (tertiary/aromatic N) is 3. The van der Waals surface area contributed by atoms with Crippen molar-refractivity contribution in [3.05, 3.63) is 17.5 Å². The second-order valence-corrected chi connectivity index (χ2v) is 6.60. The number of hydrogen-bond acceptors (Lipinski definition) is 6. The summed E-state index contributed by atoms with van der Waals surface area (Å²) < 4.78 is 10.6. The zero-order valence-corrected chi connectivity index (χ0v) is 13.7. The van der Waals surface area contributed by atoms with Gasteiger partial charge in [-0.05, 0) is 19.8 Å². The predicted octanol–water partition coefficient (Wildman–Crippen LogP) is 0.381. The van der Waals surface area contributed by atoms with E-state index in [9.17, 15) is 4.79 Å². The third-order valence-electron chi connectivity index (χ3n) is 4.81. The number of carbonyl (C=O) groups excluding carboxylic acids is 1. The van der Waals surface area contributed by atoms with Crippen LogP contribution in [0.25, 0.3) is 0 Å². The Balaban J connectivity index is 1.65. The summed E-state index contributed by atoms with van der Waals surface area (Å²) in [6.45, 7) is 7.49. The number of amides is 1. The molecule has 1 aromatic heterocycles. The Labute approximate surface area is 136 Å². The molecule has 2 fully saturated rings. The van der Waals surface area contributed by atoms with Crippen LogP contribution in [0, 0.1) is 12.8 Å². The number of nitrogens with two attached hydrogens (primary N) is 1. The summed E-state index contributed by atoms with van der Waals surface area (Å²) >= 11 is 0. The zero-order chi connectivity index (χ0) is 16.2. The average Bonchev–Trinajstić information content (AvgIpc) is 2.83. The van der Waals surface area contributed by atoms with Gasteiger partial charge >= 0.3 is 0 Å². The molecule has 3 rings (SSSR count). The zero-order valence-electron chi connectivity index (χ0n) is 13.7. The molecule has 7 heteroatoms. The molecule has 0 spiro atoms. The van der Waals surface area contributed by atoms with Crippen LogP contribution in [0.2, 0.25) is 0 Å². The molecule has 0 bridgehead atoms. The third-order valence-corrected chi connectivity index (χ3v) is 4.81. The van der Waals surface area contributed by atoms with Gasteiger partial charge in [-0.2, -0.15) is 0 Å². The summed E-state index contributed by atoms with van der Waals surface area (Å²) in [6.07, 6.45) is 2.07. The normalized spacial score (nSPS) is 25.3. The van der Waals surface area contributed by atoms with E-state index in [0.29, 0.717) is 19.1 Å². The van der Waals surface area contributed by atoms with Gasteiger partial charge in [-0.3, -0.25) is 14.6 Å². The molecule has 0 aromatic carbocycles. The van der Waals surface area contributed by atoms with E-state index in [1.54, 1.807) is 0 Å². The number of rotatable bonds is 4. The molecule has 23 heavy (non-hydrogen) atoms. The molecule has 3 heterocycles. The lowest BCUT2D eigenvalue weighted by atomic mass is 10.0. The smallest absolute Gasteiger partial charge is 0.223 e. The van der Waals surface area contributed by atoms with Crippen molar-refractivity contribution >= 4 is 5.91 Å². The maximum atomic E-state index is 11.8. The van der Waals surface area contributed by atoms with Crippen LogP contribution in [-0.2, 0) is 16.1 Å². The van der Waals surface area contributed by atoms with Gasteiger partial charge < -0.3 is 15.0 Å². The number of carbonyl (C=O) groups is 1. The topological polar surface area (TPSA) is 84.8 Å². The van der Waals surface area contributed by atoms with Crippen molar-refractivity contribution < 1.29 is 14.1 Å². The van der Waals surface area contributed by atoms with Crippen LogP contribution >= 0.6 is 0 Å². The highest BCUT2D eigenvalue weighted by Gasteiger charge is 2.31. The standard InChI is InChI=1S/C16H26N4O3/c1-12-8-14(18-23-12)11-19-4-5-20(10-13(9-19)16(17)21)15-2-6-22-7-3-15/h8,13,15H,2-7,9-11H2,1H3,(H2,17,21). The predicted molar refractivity (Wildman–Crippen MR) is 84.6 cm³/mol. The summed E-state index contributed by atoms with van der Waals surface area (Å²) in [5.74, 6) is 0.448. The van der Waals surface area contributed by atoms with Gasteiger partial charge in [0.05, 0.1) is 11.6 Å². The summed E-state index contributed by atoms with van der Waals surface area (Å²) in [6, 6.07) is 2.44. The Bertz CT molecular complexity index is 527. The van der Waals surface area contributed by atoms with Crippen molar-refractivity contribution in [1.82, 2.24) is 15.0 Å². The van der Waals surface area contributed by atoms with Crippen LogP contribution in [0.3, 0.4) is 0 Å². The molecule has 2 aliphatic rings. The fourth-order valence-electron chi connectivity index (χ4n) is 3.53. The van der Waals surface area contributed by atoms with E-state index in [4.69, 9.17) is 15.0 Å². The minimum Gasteiger partial charge on any atom is -0.381 e. The van der Waals surface area contributed by atoms with Crippen LogP contribution in [0.4, 0.5) is 0 Å². The maximum Gasteiger partial charge on any atom is 0.223 e. The summed E-state index contributed by atoms with van der Waals surface area (Å²) in [4.78, 5) is 16.5. The number of ether oxygens (including phenoxy) is 1. The molecule has 2 N–H and O–H groups in total. The Morgan fingerprint density at radius 1 is 1.35 bits per heavy atom. The highest BCUT2D eigenvalue weighted by Crippen LogP contribution is 2.20. The van der Waals surface area contributed by atoms with Gasteiger partial charge in [-0.15, -0.1) is 0 Å². The molecule has 0 radical (unpaired) electrons. The number of aromatic nitrogens is 1. The van der Waals surface area contributed by atoms with E-state index in [0.717, 1.165) is 57.1 Å². The first-order valence-electron chi connectivity index (χ1n) is 8.37. The first-order chi connectivity index (χ1) is 11.1. The molecule has 0 aliphatic carbocycles. The highest BCUT2D eigenvalue weighted by atomic mass is 16.5. The second kappa shape index (κ2) is 7.42. The Morgan fingerprint density at radius 2 is 2.13 bits per heavy atom. The lowest BCUT2D eigenvalue weighted by molar-refractivity contribution is -0.122. The SMILES string of the molecule is Cc1cc(CN2CCN(C3CCOCC3)CC(C(N)=O)C2)no1. The molecule has 128 valence electrons. The van der Waals surface area contributed by atoms with Crippen molar-refractivity contribution in [3.8, 4) is 0 Å². The molecule has 1 atom stereocenters. The quantitative estimate of drug-likeness (QED) is 0.863.